The van der Waals surface area contributed by atoms with Gasteiger partial charge >= 0.3 is 0 Å². The van der Waals surface area contributed by atoms with Crippen molar-refractivity contribution in [2.24, 2.45) is 0 Å². The van der Waals surface area contributed by atoms with Crippen LogP contribution in [0.2, 0.25) is 5.02 Å². The second-order valence-corrected chi connectivity index (χ2v) is 7.53. The number of ketones is 1. The molecule has 0 unspecified atom stereocenters. The number of hydrogen-bond donors (Lipinski definition) is 1. The van der Waals surface area contributed by atoms with Crippen LogP contribution in [0.5, 0.6) is 5.75 Å². The Morgan fingerprint density at radius 2 is 1.97 bits per heavy atom. The average molecular weight is 426 g/mol. The second kappa shape index (κ2) is 10.3. The molecular formula is C24H24ClNO4. The normalized spacial score (nSPS) is 12.3. The van der Waals surface area contributed by atoms with Gasteiger partial charge in [0.1, 0.15) is 18.5 Å². The number of ether oxygens (including phenoxy) is 1. The number of rotatable bonds is 9. The van der Waals surface area contributed by atoms with Crippen molar-refractivity contribution in [2.45, 2.75) is 26.5 Å². The van der Waals surface area contributed by atoms with Crippen LogP contribution in [0.1, 0.15) is 34.1 Å². The predicted octanol–water partition coefficient (Wildman–Crippen LogP) is 5.65. The molecular weight excluding hydrogens is 402 g/mol. The molecule has 6 heteroatoms. The van der Waals surface area contributed by atoms with E-state index in [2.05, 4.69) is 4.89 Å². The molecule has 3 rings (SSSR count). The van der Waals surface area contributed by atoms with Crippen LogP contribution in [-0.2, 0) is 11.4 Å². The first-order valence-electron chi connectivity index (χ1n) is 9.63. The SMILES string of the molecule is Cc1ccc(C(=O)c2cc(Cl)cn2CC=Cc2cccc(O[C@@H](C)COO)c2)cc1. The first kappa shape index (κ1) is 21.8. The Balaban J connectivity index is 1.71. The largest absolute Gasteiger partial charge is 0.488 e. The first-order chi connectivity index (χ1) is 14.5. The number of nitrogens with zero attached hydrogens (tertiary/aromatic N) is 1. The maximum absolute atomic E-state index is 12.9. The lowest BCUT2D eigenvalue weighted by molar-refractivity contribution is -0.253. The van der Waals surface area contributed by atoms with E-state index in [4.69, 9.17) is 21.6 Å². The summed E-state index contributed by atoms with van der Waals surface area (Å²) in [5.74, 6) is 0.617. The monoisotopic (exact) mass is 425 g/mol. The molecule has 0 aliphatic rings. The van der Waals surface area contributed by atoms with Gasteiger partial charge in [0.15, 0.2) is 0 Å². The van der Waals surface area contributed by atoms with Crippen LogP contribution in [0.3, 0.4) is 0 Å². The lowest BCUT2D eigenvalue weighted by atomic mass is 10.1. The van der Waals surface area contributed by atoms with E-state index in [1.54, 1.807) is 19.2 Å². The highest BCUT2D eigenvalue weighted by Gasteiger charge is 2.14. The molecule has 156 valence electrons. The quantitative estimate of drug-likeness (QED) is 0.273. The Hall–Kier alpha value is -2.86. The Bertz CT molecular complexity index is 1020. The third-order valence-corrected chi connectivity index (χ3v) is 4.73. The third kappa shape index (κ3) is 5.83. The molecule has 0 saturated carbocycles. The summed E-state index contributed by atoms with van der Waals surface area (Å²) in [6.07, 6.45) is 5.39. The maximum atomic E-state index is 12.9. The molecule has 0 spiro atoms. The zero-order valence-corrected chi connectivity index (χ0v) is 17.7. The fourth-order valence-corrected chi connectivity index (χ4v) is 3.26. The summed E-state index contributed by atoms with van der Waals surface area (Å²) in [7, 11) is 0. The highest BCUT2D eigenvalue weighted by Crippen LogP contribution is 2.20. The van der Waals surface area contributed by atoms with Crippen molar-refractivity contribution < 1.29 is 19.7 Å². The highest BCUT2D eigenvalue weighted by molar-refractivity contribution is 6.31. The van der Waals surface area contributed by atoms with Gasteiger partial charge in [-0.3, -0.25) is 10.1 Å². The summed E-state index contributed by atoms with van der Waals surface area (Å²) < 4.78 is 7.52. The van der Waals surface area contributed by atoms with Gasteiger partial charge in [0.2, 0.25) is 5.78 Å². The van der Waals surface area contributed by atoms with Crippen LogP contribution < -0.4 is 4.74 Å². The average Bonchev–Trinajstić information content (AvgIpc) is 3.09. The standard InChI is InChI=1S/C24H24ClNO4/c1-17-8-10-20(11-9-17)24(27)23-14-21(25)15-26(23)12-4-6-19-5-3-7-22(13-19)30-18(2)16-29-28/h3-11,13-15,18,28H,12,16H2,1-2H3/t18-/m0/s1. The van der Waals surface area contributed by atoms with Crippen LogP contribution in [0.15, 0.2) is 66.9 Å². The summed E-state index contributed by atoms with van der Waals surface area (Å²) in [6.45, 7) is 4.38. The first-order valence-corrected chi connectivity index (χ1v) is 10.0. The third-order valence-electron chi connectivity index (χ3n) is 4.53. The van der Waals surface area contributed by atoms with Crippen molar-refractivity contribution in [3.8, 4) is 5.75 Å². The molecule has 1 heterocycles. The molecule has 5 nitrogen and oxygen atoms in total. The van der Waals surface area contributed by atoms with Crippen molar-refractivity contribution in [3.05, 3.63) is 94.3 Å². The van der Waals surface area contributed by atoms with Gasteiger partial charge in [-0.05, 0) is 37.6 Å². The van der Waals surface area contributed by atoms with Crippen LogP contribution in [0.4, 0.5) is 0 Å². The molecule has 0 aliphatic carbocycles. The van der Waals surface area contributed by atoms with Gasteiger partial charge < -0.3 is 9.30 Å². The van der Waals surface area contributed by atoms with Gasteiger partial charge in [0.05, 0.1) is 10.7 Å². The van der Waals surface area contributed by atoms with Gasteiger partial charge in [0.25, 0.3) is 0 Å². The molecule has 1 atom stereocenters. The Morgan fingerprint density at radius 3 is 2.70 bits per heavy atom. The number of hydrogen-bond acceptors (Lipinski definition) is 4. The summed E-state index contributed by atoms with van der Waals surface area (Å²) in [6, 6.07) is 16.8. The summed E-state index contributed by atoms with van der Waals surface area (Å²) in [5.41, 5.74) is 3.23. The van der Waals surface area contributed by atoms with E-state index < -0.39 is 0 Å². The topological polar surface area (TPSA) is 60.7 Å². The number of aryl methyl sites for hydroxylation is 1. The van der Waals surface area contributed by atoms with E-state index in [9.17, 15) is 4.79 Å². The zero-order valence-electron chi connectivity index (χ0n) is 16.9. The molecule has 1 N–H and O–H groups in total. The minimum absolute atomic E-state index is 0.0641. The molecule has 0 aliphatic heterocycles. The second-order valence-electron chi connectivity index (χ2n) is 7.09. The summed E-state index contributed by atoms with van der Waals surface area (Å²) in [4.78, 5) is 17.0. The number of carbonyl (C=O) groups excluding carboxylic acids is 1. The number of halogens is 1. The molecule has 30 heavy (non-hydrogen) atoms. The Labute approximate surface area is 181 Å². The van der Waals surface area contributed by atoms with E-state index in [-0.39, 0.29) is 18.5 Å². The van der Waals surface area contributed by atoms with Crippen molar-refractivity contribution >= 4 is 23.5 Å². The Morgan fingerprint density at radius 1 is 1.20 bits per heavy atom. The van der Waals surface area contributed by atoms with Gasteiger partial charge in [0, 0.05) is 18.3 Å². The van der Waals surface area contributed by atoms with E-state index >= 15 is 0 Å². The van der Waals surface area contributed by atoms with Crippen molar-refractivity contribution in [2.75, 3.05) is 6.61 Å². The van der Waals surface area contributed by atoms with Crippen LogP contribution >= 0.6 is 11.6 Å². The van der Waals surface area contributed by atoms with Gasteiger partial charge in [-0.1, -0.05) is 65.7 Å². The lowest BCUT2D eigenvalue weighted by Crippen LogP contribution is -2.18. The van der Waals surface area contributed by atoms with Crippen LogP contribution in [0.25, 0.3) is 6.08 Å². The van der Waals surface area contributed by atoms with Crippen molar-refractivity contribution in [3.63, 3.8) is 0 Å². The van der Waals surface area contributed by atoms with Crippen molar-refractivity contribution in [1.82, 2.24) is 4.57 Å². The van der Waals surface area contributed by atoms with E-state index in [1.807, 2.05) is 72.2 Å². The smallest absolute Gasteiger partial charge is 0.209 e. The molecule has 0 amide bonds. The minimum atomic E-state index is -0.272. The van der Waals surface area contributed by atoms with Crippen LogP contribution in [0, 0.1) is 6.92 Å². The zero-order chi connectivity index (χ0) is 21.5. The van der Waals surface area contributed by atoms with Gasteiger partial charge in [-0.2, -0.15) is 0 Å². The molecule has 0 bridgehead atoms. The number of allylic oxidation sites excluding steroid dienone is 1. The molecule has 2 aromatic carbocycles. The number of aromatic nitrogens is 1. The molecule has 0 saturated heterocycles. The predicted molar refractivity (Wildman–Crippen MR) is 118 cm³/mol. The molecule has 1 aromatic heterocycles. The Kier molecular flexibility index (Phi) is 7.46. The number of benzene rings is 2. The van der Waals surface area contributed by atoms with Gasteiger partial charge in [-0.25, -0.2) is 4.89 Å². The number of carbonyl (C=O) groups is 1. The van der Waals surface area contributed by atoms with E-state index in [1.165, 1.54) is 0 Å². The summed E-state index contributed by atoms with van der Waals surface area (Å²) in [5, 5.41) is 9.04. The lowest BCUT2D eigenvalue weighted by Gasteiger charge is -2.13. The molecule has 3 aromatic rings. The minimum Gasteiger partial charge on any atom is -0.488 e. The summed E-state index contributed by atoms with van der Waals surface area (Å²) >= 11 is 6.17. The maximum Gasteiger partial charge on any atom is 0.209 e. The molecule has 0 fully saturated rings. The van der Waals surface area contributed by atoms with E-state index in [0.717, 1.165) is 11.1 Å². The van der Waals surface area contributed by atoms with Gasteiger partial charge in [-0.15, -0.1) is 0 Å². The fraction of sp³-hybridized carbons (Fsp3) is 0.208. The molecule has 0 radical (unpaired) electrons. The van der Waals surface area contributed by atoms with Crippen molar-refractivity contribution in [1.29, 1.82) is 0 Å². The highest BCUT2D eigenvalue weighted by atomic mass is 35.5. The van der Waals surface area contributed by atoms with Crippen LogP contribution in [-0.4, -0.2) is 28.3 Å². The fourth-order valence-electron chi connectivity index (χ4n) is 3.03. The van der Waals surface area contributed by atoms with E-state index in [0.29, 0.717) is 28.6 Å².